The van der Waals surface area contributed by atoms with E-state index in [4.69, 9.17) is 0 Å². The van der Waals surface area contributed by atoms with Crippen LogP contribution in [-0.2, 0) is 0 Å². The zero-order valence-electron chi connectivity index (χ0n) is 10.3. The molecule has 0 aromatic carbocycles. The summed E-state index contributed by atoms with van der Waals surface area (Å²) < 4.78 is 0. The van der Waals surface area contributed by atoms with Crippen molar-refractivity contribution in [2.75, 3.05) is 0 Å². The van der Waals surface area contributed by atoms with Crippen molar-refractivity contribution in [1.82, 2.24) is 0 Å². The molecular weight excluding hydrogens is 156 g/mol. The summed E-state index contributed by atoms with van der Waals surface area (Å²) >= 11 is 0. The molecule has 0 N–H and O–H groups in total. The fourth-order valence-corrected chi connectivity index (χ4v) is 2.07. The molecule has 0 heteroatoms. The highest BCUT2D eigenvalue weighted by Gasteiger charge is 2.07. The summed E-state index contributed by atoms with van der Waals surface area (Å²) in [5.74, 6) is 2.80. The Kier molecular flexibility index (Phi) is 7.41. The van der Waals surface area contributed by atoms with Crippen molar-refractivity contribution in [2.45, 2.75) is 66.7 Å². The zero-order chi connectivity index (χ0) is 10.3. The summed E-state index contributed by atoms with van der Waals surface area (Å²) in [6.07, 6.45) is 7.31. The first-order valence-corrected chi connectivity index (χ1v) is 6.02. The molecule has 1 saturated carbocycles. The first-order chi connectivity index (χ1) is 6.02. The SMILES string of the molecule is CC(C)CC(C)C.CC1CCCC1. The summed E-state index contributed by atoms with van der Waals surface area (Å²) in [7, 11) is 0. The standard InChI is InChI=1S/C7H16.C6H12/c1-6(2)5-7(3)4;1-6-4-2-3-5-6/h6-7H,5H2,1-4H3;6H,2-5H2,1H3. The molecule has 0 bridgehead atoms. The van der Waals surface area contributed by atoms with Gasteiger partial charge in [-0.15, -0.1) is 0 Å². The van der Waals surface area contributed by atoms with Gasteiger partial charge in [-0.25, -0.2) is 0 Å². The molecule has 0 amide bonds. The van der Waals surface area contributed by atoms with Gasteiger partial charge < -0.3 is 0 Å². The normalized spacial score (nSPS) is 17.8. The molecule has 1 rings (SSSR count). The molecule has 1 aliphatic carbocycles. The van der Waals surface area contributed by atoms with Crippen molar-refractivity contribution in [1.29, 1.82) is 0 Å². The zero-order valence-corrected chi connectivity index (χ0v) is 10.3. The minimum atomic E-state index is 0.875. The van der Waals surface area contributed by atoms with Crippen LogP contribution >= 0.6 is 0 Å². The molecule has 0 saturated heterocycles. The van der Waals surface area contributed by atoms with Crippen molar-refractivity contribution >= 4 is 0 Å². The molecule has 0 aromatic rings. The van der Waals surface area contributed by atoms with Crippen LogP contribution in [0, 0.1) is 17.8 Å². The molecule has 0 atom stereocenters. The van der Waals surface area contributed by atoms with Gasteiger partial charge in [0.05, 0.1) is 0 Å². The van der Waals surface area contributed by atoms with E-state index in [1.165, 1.54) is 32.1 Å². The molecule has 1 aliphatic rings. The van der Waals surface area contributed by atoms with Crippen LogP contribution in [0.25, 0.3) is 0 Å². The van der Waals surface area contributed by atoms with E-state index in [0.717, 1.165) is 17.8 Å². The topological polar surface area (TPSA) is 0 Å². The Morgan fingerprint density at radius 2 is 1.31 bits per heavy atom. The number of hydrogen-bond acceptors (Lipinski definition) is 0. The molecule has 0 radical (unpaired) electrons. The molecular formula is C13H28. The third kappa shape index (κ3) is 9.92. The molecule has 0 aromatic heterocycles. The van der Waals surface area contributed by atoms with Crippen LogP contribution in [0.5, 0.6) is 0 Å². The second-order valence-electron chi connectivity index (χ2n) is 5.41. The third-order valence-corrected chi connectivity index (χ3v) is 2.59. The van der Waals surface area contributed by atoms with Crippen molar-refractivity contribution in [3.05, 3.63) is 0 Å². The lowest BCUT2D eigenvalue weighted by Crippen LogP contribution is -1.93. The molecule has 0 aliphatic heterocycles. The Bertz CT molecular complexity index is 90.6. The number of rotatable bonds is 2. The Morgan fingerprint density at radius 1 is 0.923 bits per heavy atom. The Balaban J connectivity index is 0.000000223. The van der Waals surface area contributed by atoms with Crippen LogP contribution in [0.1, 0.15) is 66.7 Å². The Morgan fingerprint density at radius 3 is 1.38 bits per heavy atom. The first kappa shape index (κ1) is 13.0. The van der Waals surface area contributed by atoms with Gasteiger partial charge in [0.15, 0.2) is 0 Å². The van der Waals surface area contributed by atoms with E-state index < -0.39 is 0 Å². The largest absolute Gasteiger partial charge is 0.0628 e. The second kappa shape index (κ2) is 7.41. The van der Waals surface area contributed by atoms with Gasteiger partial charge in [0.1, 0.15) is 0 Å². The average Bonchev–Trinajstić information content (AvgIpc) is 2.37. The molecule has 13 heavy (non-hydrogen) atoms. The van der Waals surface area contributed by atoms with Gasteiger partial charge in [0.2, 0.25) is 0 Å². The lowest BCUT2D eigenvalue weighted by atomic mass is 10.0. The third-order valence-electron chi connectivity index (χ3n) is 2.59. The quantitative estimate of drug-likeness (QED) is 0.573. The van der Waals surface area contributed by atoms with Gasteiger partial charge in [-0.3, -0.25) is 0 Å². The second-order valence-corrected chi connectivity index (χ2v) is 5.41. The van der Waals surface area contributed by atoms with E-state index in [1.807, 2.05) is 0 Å². The number of hydrogen-bond donors (Lipinski definition) is 0. The summed E-state index contributed by atoms with van der Waals surface area (Å²) in [5, 5.41) is 0. The lowest BCUT2D eigenvalue weighted by Gasteiger charge is -2.05. The van der Waals surface area contributed by atoms with E-state index in [0.29, 0.717) is 0 Å². The van der Waals surface area contributed by atoms with Gasteiger partial charge in [0, 0.05) is 0 Å². The highest BCUT2D eigenvalue weighted by Crippen LogP contribution is 2.22. The maximum absolute atomic E-state index is 2.34. The maximum Gasteiger partial charge on any atom is -0.0443 e. The Hall–Kier alpha value is 0. The fourth-order valence-electron chi connectivity index (χ4n) is 2.07. The smallest absolute Gasteiger partial charge is 0.0443 e. The van der Waals surface area contributed by atoms with Crippen LogP contribution in [0.4, 0.5) is 0 Å². The van der Waals surface area contributed by atoms with Crippen LogP contribution < -0.4 is 0 Å². The van der Waals surface area contributed by atoms with Gasteiger partial charge >= 0.3 is 0 Å². The van der Waals surface area contributed by atoms with E-state index >= 15 is 0 Å². The molecule has 0 nitrogen and oxygen atoms in total. The van der Waals surface area contributed by atoms with Crippen molar-refractivity contribution in [3.63, 3.8) is 0 Å². The van der Waals surface area contributed by atoms with Crippen LogP contribution in [0.2, 0.25) is 0 Å². The lowest BCUT2D eigenvalue weighted by molar-refractivity contribution is 0.469. The van der Waals surface area contributed by atoms with E-state index in [2.05, 4.69) is 34.6 Å². The van der Waals surface area contributed by atoms with Crippen molar-refractivity contribution in [3.8, 4) is 0 Å². The van der Waals surface area contributed by atoms with Crippen molar-refractivity contribution < 1.29 is 0 Å². The van der Waals surface area contributed by atoms with Gasteiger partial charge in [-0.05, 0) is 24.2 Å². The van der Waals surface area contributed by atoms with Crippen LogP contribution in [0.15, 0.2) is 0 Å². The highest BCUT2D eigenvalue weighted by molar-refractivity contribution is 4.60. The van der Waals surface area contributed by atoms with Gasteiger partial charge in [-0.2, -0.15) is 0 Å². The van der Waals surface area contributed by atoms with E-state index in [9.17, 15) is 0 Å². The Labute approximate surface area is 85.1 Å². The minimum absolute atomic E-state index is 0.875. The van der Waals surface area contributed by atoms with Gasteiger partial charge in [-0.1, -0.05) is 60.3 Å². The molecule has 0 spiro atoms. The molecule has 80 valence electrons. The summed E-state index contributed by atoms with van der Waals surface area (Å²) in [5.41, 5.74) is 0. The predicted molar refractivity (Wildman–Crippen MR) is 61.9 cm³/mol. The molecule has 1 fully saturated rings. The summed E-state index contributed by atoms with van der Waals surface area (Å²) in [6, 6.07) is 0. The fraction of sp³-hybridized carbons (Fsp3) is 1.00. The minimum Gasteiger partial charge on any atom is -0.0628 e. The average molecular weight is 184 g/mol. The van der Waals surface area contributed by atoms with Crippen molar-refractivity contribution in [2.24, 2.45) is 17.8 Å². The van der Waals surface area contributed by atoms with Crippen LogP contribution in [0.3, 0.4) is 0 Å². The van der Waals surface area contributed by atoms with Gasteiger partial charge in [0.25, 0.3) is 0 Å². The highest BCUT2D eigenvalue weighted by atomic mass is 14.1. The summed E-state index contributed by atoms with van der Waals surface area (Å²) in [4.78, 5) is 0. The monoisotopic (exact) mass is 184 g/mol. The predicted octanol–water partition coefficient (Wildman–Crippen LogP) is 4.89. The van der Waals surface area contributed by atoms with Crippen LogP contribution in [-0.4, -0.2) is 0 Å². The van der Waals surface area contributed by atoms with E-state index in [-0.39, 0.29) is 0 Å². The summed E-state index contributed by atoms with van der Waals surface area (Å²) in [6.45, 7) is 11.4. The molecule has 0 heterocycles. The van der Waals surface area contributed by atoms with E-state index in [1.54, 1.807) is 0 Å². The first-order valence-electron chi connectivity index (χ1n) is 6.02. The molecule has 0 unspecified atom stereocenters. The maximum atomic E-state index is 2.34.